The number of hydrogen-bond donors (Lipinski definition) is 1. The van der Waals surface area contributed by atoms with Crippen LogP contribution in [-0.2, 0) is 4.79 Å². The zero-order valence-corrected chi connectivity index (χ0v) is 14.7. The van der Waals surface area contributed by atoms with Gasteiger partial charge in [0, 0.05) is 13.1 Å². The van der Waals surface area contributed by atoms with E-state index >= 15 is 0 Å². The van der Waals surface area contributed by atoms with Crippen molar-refractivity contribution in [2.45, 2.75) is 25.9 Å². The average molecular weight is 338 g/mol. The number of piperidine rings is 1. The second-order valence-corrected chi connectivity index (χ2v) is 6.65. The van der Waals surface area contributed by atoms with Gasteiger partial charge < -0.3 is 15.4 Å². The van der Waals surface area contributed by atoms with Crippen LogP contribution in [0.3, 0.4) is 0 Å². The number of amides is 1. The Morgan fingerprint density at radius 1 is 1.08 bits per heavy atom. The van der Waals surface area contributed by atoms with Crippen LogP contribution in [-0.4, -0.2) is 36.5 Å². The van der Waals surface area contributed by atoms with E-state index in [-0.39, 0.29) is 5.91 Å². The molecule has 0 radical (unpaired) electrons. The highest BCUT2D eigenvalue weighted by atomic mass is 16.5. The van der Waals surface area contributed by atoms with Crippen LogP contribution in [0.2, 0.25) is 0 Å². The summed E-state index contributed by atoms with van der Waals surface area (Å²) in [6.07, 6.45) is 1.50. The van der Waals surface area contributed by atoms with Gasteiger partial charge in [-0.1, -0.05) is 42.5 Å². The van der Waals surface area contributed by atoms with Gasteiger partial charge in [-0.3, -0.25) is 4.79 Å². The normalized spacial score (nSPS) is 16.5. The quantitative estimate of drug-likeness (QED) is 0.910. The third kappa shape index (κ3) is 4.40. The second-order valence-electron chi connectivity index (χ2n) is 6.65. The summed E-state index contributed by atoms with van der Waals surface area (Å²) in [7, 11) is 0. The number of rotatable bonds is 5. The average Bonchev–Trinajstić information content (AvgIpc) is 2.68. The molecule has 1 saturated heterocycles. The molecule has 4 heteroatoms. The molecule has 1 atom stereocenters. The smallest absolute Gasteiger partial charge is 0.263 e. The van der Waals surface area contributed by atoms with E-state index in [1.165, 1.54) is 5.56 Å². The van der Waals surface area contributed by atoms with Crippen molar-refractivity contribution in [2.75, 3.05) is 19.6 Å². The highest BCUT2D eigenvalue weighted by Crippen LogP contribution is 2.23. The molecule has 1 amide bonds. The lowest BCUT2D eigenvalue weighted by Gasteiger charge is -2.33. The number of nitrogens with two attached hydrogens (primary N) is 1. The number of hydrogen-bond acceptors (Lipinski definition) is 3. The molecule has 132 valence electrons. The topological polar surface area (TPSA) is 55.6 Å². The standard InChI is InChI=1S/C21H26N2O2/c1-16(21(24)23-13-11-17(15-22)12-14-23)25-20-9-7-19(8-10-20)18-5-3-2-4-6-18/h2-10,16-17H,11-15,22H2,1H3. The first-order chi connectivity index (χ1) is 12.2. The minimum absolute atomic E-state index is 0.0580. The summed E-state index contributed by atoms with van der Waals surface area (Å²) in [6.45, 7) is 4.09. The van der Waals surface area contributed by atoms with Crippen molar-refractivity contribution in [3.63, 3.8) is 0 Å². The van der Waals surface area contributed by atoms with Gasteiger partial charge in [0.2, 0.25) is 0 Å². The first kappa shape index (κ1) is 17.5. The zero-order chi connectivity index (χ0) is 17.6. The SMILES string of the molecule is CC(Oc1ccc(-c2ccccc2)cc1)C(=O)N1CCC(CN)CC1. The molecule has 1 fully saturated rings. The number of carbonyl (C=O) groups is 1. The fraction of sp³-hybridized carbons (Fsp3) is 0.381. The van der Waals surface area contributed by atoms with Crippen molar-refractivity contribution in [3.05, 3.63) is 54.6 Å². The second kappa shape index (κ2) is 8.17. The maximum atomic E-state index is 12.6. The van der Waals surface area contributed by atoms with Gasteiger partial charge in [0.25, 0.3) is 5.91 Å². The molecule has 4 nitrogen and oxygen atoms in total. The molecule has 25 heavy (non-hydrogen) atoms. The summed E-state index contributed by atoms with van der Waals surface area (Å²) in [5.41, 5.74) is 8.02. The van der Waals surface area contributed by atoms with Gasteiger partial charge in [-0.25, -0.2) is 0 Å². The Bertz CT molecular complexity index is 677. The molecule has 0 aromatic heterocycles. The molecule has 2 aromatic rings. The Morgan fingerprint density at radius 3 is 2.28 bits per heavy atom. The summed E-state index contributed by atoms with van der Waals surface area (Å²) in [5.74, 6) is 1.32. The molecule has 2 N–H and O–H groups in total. The maximum absolute atomic E-state index is 12.6. The lowest BCUT2D eigenvalue weighted by molar-refractivity contribution is -0.139. The van der Waals surface area contributed by atoms with Crippen molar-refractivity contribution < 1.29 is 9.53 Å². The van der Waals surface area contributed by atoms with Gasteiger partial charge in [-0.15, -0.1) is 0 Å². The monoisotopic (exact) mass is 338 g/mol. The summed E-state index contributed by atoms with van der Waals surface area (Å²) < 4.78 is 5.86. The fourth-order valence-corrected chi connectivity index (χ4v) is 3.26. The van der Waals surface area contributed by atoms with Crippen molar-refractivity contribution in [2.24, 2.45) is 11.7 Å². The van der Waals surface area contributed by atoms with Crippen LogP contribution >= 0.6 is 0 Å². The van der Waals surface area contributed by atoms with Gasteiger partial charge in [0.15, 0.2) is 6.10 Å². The summed E-state index contributed by atoms with van der Waals surface area (Å²) in [4.78, 5) is 14.5. The molecule has 2 aromatic carbocycles. The van der Waals surface area contributed by atoms with Crippen LogP contribution in [0.4, 0.5) is 0 Å². The van der Waals surface area contributed by atoms with Crippen LogP contribution in [0.1, 0.15) is 19.8 Å². The molecule has 0 aliphatic carbocycles. The lowest BCUT2D eigenvalue weighted by atomic mass is 9.97. The van der Waals surface area contributed by atoms with E-state index in [9.17, 15) is 4.79 Å². The van der Waals surface area contributed by atoms with E-state index in [4.69, 9.17) is 10.5 Å². The number of likely N-dealkylation sites (tertiary alicyclic amines) is 1. The third-order valence-corrected chi connectivity index (χ3v) is 4.88. The summed E-state index contributed by atoms with van der Waals surface area (Å²) in [5, 5.41) is 0. The number of nitrogens with zero attached hydrogens (tertiary/aromatic N) is 1. The van der Waals surface area contributed by atoms with E-state index in [1.54, 1.807) is 0 Å². The van der Waals surface area contributed by atoms with E-state index < -0.39 is 6.10 Å². The van der Waals surface area contributed by atoms with Crippen molar-refractivity contribution in [1.29, 1.82) is 0 Å². The molecule has 1 aliphatic rings. The highest BCUT2D eigenvalue weighted by Gasteiger charge is 2.26. The zero-order valence-electron chi connectivity index (χ0n) is 14.7. The van der Waals surface area contributed by atoms with Crippen molar-refractivity contribution in [1.82, 2.24) is 4.90 Å². The number of benzene rings is 2. The fourth-order valence-electron chi connectivity index (χ4n) is 3.26. The van der Waals surface area contributed by atoms with E-state index in [0.717, 1.165) is 37.2 Å². The molecule has 0 spiro atoms. The minimum Gasteiger partial charge on any atom is -0.481 e. The van der Waals surface area contributed by atoms with Gasteiger partial charge >= 0.3 is 0 Å². The molecule has 1 aliphatic heterocycles. The Balaban J connectivity index is 1.57. The van der Waals surface area contributed by atoms with E-state index in [0.29, 0.717) is 12.5 Å². The molecular weight excluding hydrogens is 312 g/mol. The Labute approximate surface area is 149 Å². The molecule has 1 unspecified atom stereocenters. The number of ether oxygens (including phenoxy) is 1. The Kier molecular flexibility index (Phi) is 5.71. The third-order valence-electron chi connectivity index (χ3n) is 4.88. The first-order valence-corrected chi connectivity index (χ1v) is 8.98. The van der Waals surface area contributed by atoms with Crippen LogP contribution in [0, 0.1) is 5.92 Å². The van der Waals surface area contributed by atoms with Crippen molar-refractivity contribution in [3.8, 4) is 16.9 Å². The largest absolute Gasteiger partial charge is 0.481 e. The number of carbonyl (C=O) groups excluding carboxylic acids is 1. The molecule has 1 heterocycles. The highest BCUT2D eigenvalue weighted by molar-refractivity contribution is 5.81. The first-order valence-electron chi connectivity index (χ1n) is 8.98. The van der Waals surface area contributed by atoms with Gasteiger partial charge in [-0.2, -0.15) is 0 Å². The molecule has 0 bridgehead atoms. The lowest BCUT2D eigenvalue weighted by Crippen LogP contribution is -2.45. The summed E-state index contributed by atoms with van der Waals surface area (Å²) in [6, 6.07) is 18.1. The van der Waals surface area contributed by atoms with Gasteiger partial charge in [0.1, 0.15) is 5.75 Å². The van der Waals surface area contributed by atoms with E-state index in [1.807, 2.05) is 54.3 Å². The molecule has 0 saturated carbocycles. The van der Waals surface area contributed by atoms with Crippen molar-refractivity contribution >= 4 is 5.91 Å². The Hall–Kier alpha value is -2.33. The maximum Gasteiger partial charge on any atom is 0.263 e. The van der Waals surface area contributed by atoms with Crippen LogP contribution in [0.15, 0.2) is 54.6 Å². The van der Waals surface area contributed by atoms with Gasteiger partial charge in [-0.05, 0) is 55.5 Å². The molecular formula is C21H26N2O2. The van der Waals surface area contributed by atoms with Gasteiger partial charge in [0.05, 0.1) is 0 Å². The Morgan fingerprint density at radius 2 is 1.68 bits per heavy atom. The predicted molar refractivity (Wildman–Crippen MR) is 100 cm³/mol. The van der Waals surface area contributed by atoms with Crippen LogP contribution < -0.4 is 10.5 Å². The van der Waals surface area contributed by atoms with E-state index in [2.05, 4.69) is 12.1 Å². The predicted octanol–water partition coefficient (Wildman–Crippen LogP) is 3.32. The van der Waals surface area contributed by atoms with Crippen LogP contribution in [0.5, 0.6) is 5.75 Å². The molecule has 3 rings (SSSR count). The summed E-state index contributed by atoms with van der Waals surface area (Å²) >= 11 is 0. The van der Waals surface area contributed by atoms with Crippen LogP contribution in [0.25, 0.3) is 11.1 Å². The minimum atomic E-state index is -0.475.